The largest absolute Gasteiger partial charge is 0.366 e. The highest BCUT2D eigenvalue weighted by molar-refractivity contribution is 9.10. The number of H-pyrrole nitrogens is 1. The van der Waals surface area contributed by atoms with Crippen LogP contribution in [0.4, 0.5) is 5.95 Å². The number of rotatable bonds is 1. The lowest BCUT2D eigenvalue weighted by molar-refractivity contribution is 1.10. The van der Waals surface area contributed by atoms with Gasteiger partial charge in [-0.15, -0.1) is 5.10 Å². The normalized spacial score (nSPS) is 10.4. The molecule has 72 valence electrons. The summed E-state index contributed by atoms with van der Waals surface area (Å²) >= 11 is 3.42. The zero-order valence-corrected chi connectivity index (χ0v) is 9.17. The summed E-state index contributed by atoms with van der Waals surface area (Å²) in [5, 5.41) is 6.55. The minimum atomic E-state index is 0.262. The standard InChI is InChI=1S/C9H9BrN4/c1-5-2-6(4-7(10)3-5)8-12-9(11)14-13-8/h2-4H,1H3,(H3,11,12,13,14). The number of anilines is 1. The number of nitrogen functional groups attached to an aromatic ring is 1. The number of aryl methyl sites for hydroxylation is 1. The number of benzene rings is 1. The van der Waals surface area contributed by atoms with Crippen LogP contribution in [0, 0.1) is 6.92 Å². The van der Waals surface area contributed by atoms with Crippen molar-refractivity contribution in [2.45, 2.75) is 6.92 Å². The van der Waals surface area contributed by atoms with Gasteiger partial charge in [-0.25, -0.2) is 0 Å². The van der Waals surface area contributed by atoms with Crippen molar-refractivity contribution in [1.29, 1.82) is 0 Å². The van der Waals surface area contributed by atoms with Crippen LogP contribution >= 0.6 is 15.9 Å². The Balaban J connectivity index is 2.51. The number of aromatic nitrogens is 3. The van der Waals surface area contributed by atoms with Gasteiger partial charge in [0.2, 0.25) is 5.95 Å². The molecule has 0 atom stereocenters. The Morgan fingerprint density at radius 3 is 2.71 bits per heavy atom. The molecule has 0 aliphatic rings. The van der Waals surface area contributed by atoms with E-state index in [4.69, 9.17) is 5.73 Å². The van der Waals surface area contributed by atoms with Crippen LogP contribution in [0.15, 0.2) is 22.7 Å². The molecule has 3 N–H and O–H groups in total. The second-order valence-electron chi connectivity index (χ2n) is 3.06. The van der Waals surface area contributed by atoms with E-state index < -0.39 is 0 Å². The minimum Gasteiger partial charge on any atom is -0.366 e. The fourth-order valence-electron chi connectivity index (χ4n) is 1.28. The maximum atomic E-state index is 5.43. The summed E-state index contributed by atoms with van der Waals surface area (Å²) in [5.74, 6) is 0.949. The lowest BCUT2D eigenvalue weighted by Gasteiger charge is -1.99. The predicted molar refractivity (Wildman–Crippen MR) is 58.7 cm³/mol. The van der Waals surface area contributed by atoms with Crippen molar-refractivity contribution in [3.05, 3.63) is 28.2 Å². The second-order valence-corrected chi connectivity index (χ2v) is 3.98. The van der Waals surface area contributed by atoms with Crippen LogP contribution in [0.25, 0.3) is 11.4 Å². The van der Waals surface area contributed by atoms with Crippen LogP contribution in [0.5, 0.6) is 0 Å². The molecule has 0 radical (unpaired) electrons. The van der Waals surface area contributed by atoms with Gasteiger partial charge in [0.1, 0.15) is 0 Å². The van der Waals surface area contributed by atoms with E-state index in [0.29, 0.717) is 5.82 Å². The molecule has 0 bridgehead atoms. The van der Waals surface area contributed by atoms with Gasteiger partial charge in [-0.1, -0.05) is 15.9 Å². The van der Waals surface area contributed by atoms with E-state index in [1.807, 2.05) is 25.1 Å². The molecule has 0 aliphatic heterocycles. The van der Waals surface area contributed by atoms with Crippen molar-refractivity contribution in [3.63, 3.8) is 0 Å². The summed E-state index contributed by atoms with van der Waals surface area (Å²) in [6.07, 6.45) is 0. The SMILES string of the molecule is Cc1cc(Br)cc(-c2nc(N)n[nH]2)c1. The lowest BCUT2D eigenvalue weighted by Crippen LogP contribution is -1.86. The van der Waals surface area contributed by atoms with Crippen LogP contribution in [-0.4, -0.2) is 15.2 Å². The van der Waals surface area contributed by atoms with Gasteiger partial charge in [0.15, 0.2) is 5.82 Å². The third-order valence-corrected chi connectivity index (χ3v) is 2.28. The first-order chi connectivity index (χ1) is 6.65. The number of nitrogens with one attached hydrogen (secondary N) is 1. The van der Waals surface area contributed by atoms with Crippen LogP contribution in [0.2, 0.25) is 0 Å². The average Bonchev–Trinajstić information content (AvgIpc) is 2.50. The Morgan fingerprint density at radius 2 is 2.14 bits per heavy atom. The highest BCUT2D eigenvalue weighted by Crippen LogP contribution is 2.22. The van der Waals surface area contributed by atoms with Gasteiger partial charge in [-0.05, 0) is 30.7 Å². The van der Waals surface area contributed by atoms with Gasteiger partial charge in [0, 0.05) is 10.0 Å². The highest BCUT2D eigenvalue weighted by Gasteiger charge is 2.04. The highest BCUT2D eigenvalue weighted by atomic mass is 79.9. The van der Waals surface area contributed by atoms with Gasteiger partial charge < -0.3 is 5.73 Å². The van der Waals surface area contributed by atoms with E-state index in [0.717, 1.165) is 15.6 Å². The van der Waals surface area contributed by atoms with Crippen molar-refractivity contribution < 1.29 is 0 Å². The predicted octanol–water partition coefficient (Wildman–Crippen LogP) is 2.12. The Bertz CT molecular complexity index is 443. The Morgan fingerprint density at radius 1 is 1.36 bits per heavy atom. The number of aromatic amines is 1. The summed E-state index contributed by atoms with van der Waals surface area (Å²) in [4.78, 5) is 4.05. The zero-order valence-electron chi connectivity index (χ0n) is 7.58. The fourth-order valence-corrected chi connectivity index (χ4v) is 1.88. The molecule has 14 heavy (non-hydrogen) atoms. The van der Waals surface area contributed by atoms with Gasteiger partial charge in [-0.2, -0.15) is 4.98 Å². The monoisotopic (exact) mass is 252 g/mol. The molecule has 0 spiro atoms. The average molecular weight is 253 g/mol. The molecule has 0 fully saturated rings. The van der Waals surface area contributed by atoms with E-state index in [1.54, 1.807) is 0 Å². The summed E-state index contributed by atoms with van der Waals surface area (Å²) < 4.78 is 1.02. The molecule has 1 aromatic carbocycles. The molecule has 1 aromatic heterocycles. The first-order valence-electron chi connectivity index (χ1n) is 4.10. The molecule has 1 heterocycles. The summed E-state index contributed by atoms with van der Waals surface area (Å²) in [5.41, 5.74) is 7.56. The summed E-state index contributed by atoms with van der Waals surface area (Å²) in [6, 6.07) is 6.01. The number of nitrogens with two attached hydrogens (primary N) is 1. The fraction of sp³-hybridized carbons (Fsp3) is 0.111. The Kier molecular flexibility index (Phi) is 2.25. The number of hydrogen-bond acceptors (Lipinski definition) is 3. The van der Waals surface area contributed by atoms with Crippen molar-refractivity contribution >= 4 is 21.9 Å². The zero-order chi connectivity index (χ0) is 10.1. The van der Waals surface area contributed by atoms with E-state index in [9.17, 15) is 0 Å². The quantitative estimate of drug-likeness (QED) is 0.817. The molecule has 0 unspecified atom stereocenters. The van der Waals surface area contributed by atoms with Crippen LogP contribution in [0.1, 0.15) is 5.56 Å². The molecular weight excluding hydrogens is 244 g/mol. The number of hydrogen-bond donors (Lipinski definition) is 2. The minimum absolute atomic E-state index is 0.262. The van der Waals surface area contributed by atoms with Gasteiger partial charge in [0.25, 0.3) is 0 Å². The van der Waals surface area contributed by atoms with Gasteiger partial charge in [-0.3, -0.25) is 5.10 Å². The molecular formula is C9H9BrN4. The third kappa shape index (κ3) is 1.77. The third-order valence-electron chi connectivity index (χ3n) is 1.82. The van der Waals surface area contributed by atoms with Crippen molar-refractivity contribution in [1.82, 2.24) is 15.2 Å². The van der Waals surface area contributed by atoms with Crippen molar-refractivity contribution in [3.8, 4) is 11.4 Å². The van der Waals surface area contributed by atoms with Crippen molar-refractivity contribution in [2.75, 3.05) is 5.73 Å². The van der Waals surface area contributed by atoms with Gasteiger partial charge >= 0.3 is 0 Å². The number of nitrogens with zero attached hydrogens (tertiary/aromatic N) is 2. The number of halogens is 1. The molecule has 0 aliphatic carbocycles. The molecule has 0 saturated heterocycles. The Labute approximate surface area is 89.7 Å². The molecule has 2 aromatic rings. The second kappa shape index (κ2) is 3.42. The summed E-state index contributed by atoms with van der Waals surface area (Å²) in [6.45, 7) is 2.02. The molecule has 4 nitrogen and oxygen atoms in total. The van der Waals surface area contributed by atoms with Crippen LogP contribution in [-0.2, 0) is 0 Å². The van der Waals surface area contributed by atoms with E-state index in [1.165, 1.54) is 0 Å². The molecule has 0 saturated carbocycles. The van der Waals surface area contributed by atoms with E-state index >= 15 is 0 Å². The first-order valence-corrected chi connectivity index (χ1v) is 4.90. The van der Waals surface area contributed by atoms with Crippen LogP contribution in [0.3, 0.4) is 0 Å². The van der Waals surface area contributed by atoms with Crippen molar-refractivity contribution in [2.24, 2.45) is 0 Å². The Hall–Kier alpha value is -1.36. The molecule has 2 rings (SSSR count). The van der Waals surface area contributed by atoms with E-state index in [2.05, 4.69) is 31.1 Å². The maximum Gasteiger partial charge on any atom is 0.239 e. The summed E-state index contributed by atoms with van der Waals surface area (Å²) in [7, 11) is 0. The van der Waals surface area contributed by atoms with Gasteiger partial charge in [0.05, 0.1) is 0 Å². The lowest BCUT2D eigenvalue weighted by atomic mass is 10.1. The first kappa shape index (κ1) is 9.21. The topological polar surface area (TPSA) is 67.6 Å². The molecule has 0 amide bonds. The van der Waals surface area contributed by atoms with E-state index in [-0.39, 0.29) is 5.95 Å². The smallest absolute Gasteiger partial charge is 0.239 e. The van der Waals surface area contributed by atoms with Crippen LogP contribution < -0.4 is 5.73 Å². The maximum absolute atomic E-state index is 5.43. The molecule has 5 heteroatoms.